The first kappa shape index (κ1) is 26.3. The first-order chi connectivity index (χ1) is 13.4. The molecule has 0 saturated heterocycles. The minimum absolute atomic E-state index is 0.0860. The Hall–Kier alpha value is -2.69. The lowest BCUT2D eigenvalue weighted by atomic mass is 10.0. The van der Waals surface area contributed by atoms with Crippen molar-refractivity contribution >= 4 is 29.5 Å². The topological polar surface area (TPSA) is 200 Å². The standard InChI is InChI=1S/C18H34N6O5/c1-10(2)8-13(16(21)27)23-18(29)14(9-15(20)26)24-17(28)12(19)6-4-5-7-22-11(3)25/h10,12-14H,4-9,19H2,1-3H3,(H2,20,26)(H2,21,27)(H,22,25)(H,23,29)(H,24,28)/t12-,13?,14?/m0/s1. The number of unbranched alkanes of at least 4 members (excludes halogenated alkanes) is 1. The Morgan fingerprint density at radius 1 is 0.897 bits per heavy atom. The first-order valence-electron chi connectivity index (χ1n) is 9.62. The Labute approximate surface area is 170 Å². The van der Waals surface area contributed by atoms with Crippen LogP contribution in [0.5, 0.6) is 0 Å². The third-order valence-corrected chi connectivity index (χ3v) is 4.06. The third kappa shape index (κ3) is 12.4. The van der Waals surface area contributed by atoms with Gasteiger partial charge in [-0.15, -0.1) is 0 Å². The van der Waals surface area contributed by atoms with Crippen LogP contribution in [-0.4, -0.2) is 54.2 Å². The van der Waals surface area contributed by atoms with E-state index in [1.165, 1.54) is 6.92 Å². The van der Waals surface area contributed by atoms with Crippen LogP contribution in [0.4, 0.5) is 0 Å². The van der Waals surface area contributed by atoms with Gasteiger partial charge in [0.25, 0.3) is 0 Å². The summed E-state index contributed by atoms with van der Waals surface area (Å²) < 4.78 is 0. The van der Waals surface area contributed by atoms with Crippen LogP contribution in [0.15, 0.2) is 0 Å². The van der Waals surface area contributed by atoms with E-state index >= 15 is 0 Å². The van der Waals surface area contributed by atoms with Gasteiger partial charge >= 0.3 is 0 Å². The Balaban J connectivity index is 4.80. The van der Waals surface area contributed by atoms with E-state index in [1.54, 1.807) is 0 Å². The number of nitrogens with one attached hydrogen (secondary N) is 3. The summed E-state index contributed by atoms with van der Waals surface area (Å²) in [7, 11) is 0. The van der Waals surface area contributed by atoms with Crippen molar-refractivity contribution in [3.8, 4) is 0 Å². The van der Waals surface area contributed by atoms with Gasteiger partial charge < -0.3 is 33.2 Å². The SMILES string of the molecule is CC(=O)NCCCC[C@H](N)C(=O)NC(CC(N)=O)C(=O)NC(CC(C)C)C(N)=O. The summed E-state index contributed by atoms with van der Waals surface area (Å²) in [5.74, 6) is -2.92. The van der Waals surface area contributed by atoms with Gasteiger partial charge in [-0.05, 0) is 31.6 Å². The van der Waals surface area contributed by atoms with E-state index in [1.807, 2.05) is 13.8 Å². The van der Waals surface area contributed by atoms with Gasteiger partial charge in [0.2, 0.25) is 29.5 Å². The maximum absolute atomic E-state index is 12.5. The van der Waals surface area contributed by atoms with E-state index in [0.29, 0.717) is 32.2 Å². The molecule has 0 fully saturated rings. The molecule has 0 bridgehead atoms. The highest BCUT2D eigenvalue weighted by Crippen LogP contribution is 2.06. The van der Waals surface area contributed by atoms with Crippen LogP contribution < -0.4 is 33.2 Å². The van der Waals surface area contributed by atoms with E-state index in [-0.39, 0.29) is 11.8 Å². The minimum Gasteiger partial charge on any atom is -0.370 e. The molecule has 166 valence electrons. The molecule has 0 aliphatic heterocycles. The molecular weight excluding hydrogens is 380 g/mol. The van der Waals surface area contributed by atoms with Crippen LogP contribution in [0.1, 0.15) is 52.9 Å². The first-order valence-corrected chi connectivity index (χ1v) is 9.62. The van der Waals surface area contributed by atoms with Crippen LogP contribution in [0.2, 0.25) is 0 Å². The van der Waals surface area contributed by atoms with Crippen LogP contribution >= 0.6 is 0 Å². The van der Waals surface area contributed by atoms with E-state index in [2.05, 4.69) is 16.0 Å². The Morgan fingerprint density at radius 3 is 1.97 bits per heavy atom. The molecule has 0 aliphatic rings. The number of carbonyl (C=O) groups is 5. The van der Waals surface area contributed by atoms with Crippen LogP contribution in [-0.2, 0) is 24.0 Å². The van der Waals surface area contributed by atoms with Crippen molar-refractivity contribution in [3.05, 3.63) is 0 Å². The number of hydrogen-bond donors (Lipinski definition) is 6. The van der Waals surface area contributed by atoms with Crippen LogP contribution in [0, 0.1) is 5.92 Å². The largest absolute Gasteiger partial charge is 0.370 e. The van der Waals surface area contributed by atoms with Gasteiger partial charge in [-0.1, -0.05) is 13.8 Å². The van der Waals surface area contributed by atoms with Crippen molar-refractivity contribution in [1.82, 2.24) is 16.0 Å². The van der Waals surface area contributed by atoms with Gasteiger partial charge in [-0.2, -0.15) is 0 Å². The van der Waals surface area contributed by atoms with Gasteiger partial charge in [0.1, 0.15) is 12.1 Å². The van der Waals surface area contributed by atoms with Gasteiger partial charge in [0.15, 0.2) is 0 Å². The highest BCUT2D eigenvalue weighted by molar-refractivity contribution is 5.95. The number of carbonyl (C=O) groups excluding carboxylic acids is 5. The lowest BCUT2D eigenvalue weighted by Gasteiger charge is -2.23. The summed E-state index contributed by atoms with van der Waals surface area (Å²) >= 11 is 0. The predicted octanol–water partition coefficient (Wildman–Crippen LogP) is -2.00. The van der Waals surface area contributed by atoms with Crippen molar-refractivity contribution in [1.29, 1.82) is 0 Å². The van der Waals surface area contributed by atoms with Gasteiger partial charge in [-0.25, -0.2) is 0 Å². The molecule has 0 spiro atoms. The van der Waals surface area contributed by atoms with Crippen molar-refractivity contribution in [3.63, 3.8) is 0 Å². The number of hydrogen-bond acceptors (Lipinski definition) is 6. The second-order valence-corrected chi connectivity index (χ2v) is 7.41. The summed E-state index contributed by atoms with van der Waals surface area (Å²) in [6, 6.07) is -3.10. The molecule has 11 nitrogen and oxygen atoms in total. The molecule has 9 N–H and O–H groups in total. The van der Waals surface area contributed by atoms with Crippen molar-refractivity contribution < 1.29 is 24.0 Å². The fraction of sp³-hybridized carbons (Fsp3) is 0.722. The Bertz CT molecular complexity index is 595. The average Bonchev–Trinajstić information content (AvgIpc) is 2.58. The van der Waals surface area contributed by atoms with Crippen molar-refractivity contribution in [2.75, 3.05) is 6.54 Å². The summed E-state index contributed by atoms with van der Waals surface area (Å²) in [6.45, 7) is 5.60. The summed E-state index contributed by atoms with van der Waals surface area (Å²) in [6.07, 6.45) is 1.42. The molecule has 0 saturated carbocycles. The van der Waals surface area contributed by atoms with Crippen molar-refractivity contribution in [2.45, 2.75) is 71.0 Å². The molecule has 2 unspecified atom stereocenters. The summed E-state index contributed by atoms with van der Waals surface area (Å²) in [5, 5.41) is 7.49. The number of nitrogens with two attached hydrogens (primary N) is 3. The van der Waals surface area contributed by atoms with E-state index in [0.717, 1.165) is 0 Å². The fourth-order valence-electron chi connectivity index (χ4n) is 2.56. The molecule has 11 heteroatoms. The fourth-order valence-corrected chi connectivity index (χ4v) is 2.56. The van der Waals surface area contributed by atoms with E-state index in [9.17, 15) is 24.0 Å². The molecule has 0 aromatic heterocycles. The molecule has 0 radical (unpaired) electrons. The average molecular weight is 415 g/mol. The molecule has 29 heavy (non-hydrogen) atoms. The van der Waals surface area contributed by atoms with Crippen molar-refractivity contribution in [2.24, 2.45) is 23.1 Å². The van der Waals surface area contributed by atoms with Gasteiger partial charge in [0, 0.05) is 13.5 Å². The lowest BCUT2D eigenvalue weighted by molar-refractivity contribution is -0.133. The molecule has 0 aromatic carbocycles. The number of amides is 5. The maximum Gasteiger partial charge on any atom is 0.243 e. The predicted molar refractivity (Wildman–Crippen MR) is 107 cm³/mol. The molecule has 0 rings (SSSR count). The van der Waals surface area contributed by atoms with Gasteiger partial charge in [-0.3, -0.25) is 24.0 Å². The van der Waals surface area contributed by atoms with Crippen LogP contribution in [0.25, 0.3) is 0 Å². The highest BCUT2D eigenvalue weighted by atomic mass is 16.2. The molecular formula is C18H34N6O5. The zero-order chi connectivity index (χ0) is 22.6. The smallest absolute Gasteiger partial charge is 0.243 e. The van der Waals surface area contributed by atoms with Crippen LogP contribution in [0.3, 0.4) is 0 Å². The number of primary amides is 2. The van der Waals surface area contributed by atoms with E-state index in [4.69, 9.17) is 17.2 Å². The normalized spacial score (nSPS) is 13.8. The zero-order valence-corrected chi connectivity index (χ0v) is 17.3. The Morgan fingerprint density at radius 2 is 1.48 bits per heavy atom. The number of rotatable bonds is 14. The molecule has 0 heterocycles. The molecule has 0 aliphatic carbocycles. The lowest BCUT2D eigenvalue weighted by Crippen LogP contribution is -2.56. The molecule has 0 aromatic rings. The summed E-state index contributed by atoms with van der Waals surface area (Å²) in [4.78, 5) is 58.4. The maximum atomic E-state index is 12.5. The zero-order valence-electron chi connectivity index (χ0n) is 17.3. The quantitative estimate of drug-likeness (QED) is 0.177. The minimum atomic E-state index is -1.26. The summed E-state index contributed by atoms with van der Waals surface area (Å²) in [5.41, 5.74) is 16.3. The second kappa shape index (κ2) is 13.5. The molecule has 3 atom stereocenters. The van der Waals surface area contributed by atoms with Gasteiger partial charge in [0.05, 0.1) is 12.5 Å². The Kier molecular flexibility index (Phi) is 12.2. The van der Waals surface area contributed by atoms with E-state index < -0.39 is 48.2 Å². The highest BCUT2D eigenvalue weighted by Gasteiger charge is 2.28. The molecule has 5 amide bonds. The third-order valence-electron chi connectivity index (χ3n) is 4.06. The monoisotopic (exact) mass is 414 g/mol. The second-order valence-electron chi connectivity index (χ2n) is 7.41.